The maximum absolute atomic E-state index is 9.73. The van der Waals surface area contributed by atoms with Crippen molar-refractivity contribution in [3.8, 4) is 0 Å². The molecule has 1 saturated heterocycles. The summed E-state index contributed by atoms with van der Waals surface area (Å²) in [5.41, 5.74) is 1.59. The average molecular weight is 289 g/mol. The minimum atomic E-state index is 0.117. The molecule has 0 aliphatic carbocycles. The van der Waals surface area contributed by atoms with Gasteiger partial charge in [0.1, 0.15) is 0 Å². The monoisotopic (exact) mass is 289 g/mol. The molecule has 0 aromatic heterocycles. The summed E-state index contributed by atoms with van der Waals surface area (Å²) in [6.07, 6.45) is 5.96. The zero-order valence-electron chi connectivity index (χ0n) is 13.7. The summed E-state index contributed by atoms with van der Waals surface area (Å²) in [7, 11) is 0. The fourth-order valence-corrected chi connectivity index (χ4v) is 3.52. The molecule has 118 valence electrons. The molecule has 1 aliphatic rings. The highest BCUT2D eigenvalue weighted by molar-refractivity contribution is 5.15. The van der Waals surface area contributed by atoms with E-state index in [-0.39, 0.29) is 5.41 Å². The van der Waals surface area contributed by atoms with Gasteiger partial charge in [0.2, 0.25) is 0 Å². The number of aliphatic hydroxyl groups excluding tert-OH is 1. The number of nitrogens with zero attached hydrogens (tertiary/aromatic N) is 1. The SMILES string of the molecule is CCC(CC)(CO)CN1CCC(Cc2ccccc2)CC1. The van der Waals surface area contributed by atoms with E-state index in [4.69, 9.17) is 0 Å². The highest BCUT2D eigenvalue weighted by atomic mass is 16.3. The van der Waals surface area contributed by atoms with Crippen molar-refractivity contribution in [3.63, 3.8) is 0 Å². The molecule has 1 heterocycles. The van der Waals surface area contributed by atoms with Crippen molar-refractivity contribution in [3.05, 3.63) is 35.9 Å². The van der Waals surface area contributed by atoms with Crippen LogP contribution in [0.5, 0.6) is 0 Å². The second kappa shape index (κ2) is 7.95. The number of likely N-dealkylation sites (tertiary alicyclic amines) is 1. The molecule has 0 saturated carbocycles. The summed E-state index contributed by atoms with van der Waals surface area (Å²) in [5.74, 6) is 0.829. The molecule has 2 heteroatoms. The van der Waals surface area contributed by atoms with Gasteiger partial charge < -0.3 is 10.0 Å². The Morgan fingerprint density at radius 3 is 2.24 bits per heavy atom. The molecule has 1 aromatic rings. The Morgan fingerprint density at radius 2 is 1.71 bits per heavy atom. The number of piperidine rings is 1. The van der Waals surface area contributed by atoms with E-state index in [2.05, 4.69) is 49.1 Å². The Morgan fingerprint density at radius 1 is 1.10 bits per heavy atom. The van der Waals surface area contributed by atoms with Crippen LogP contribution >= 0.6 is 0 Å². The van der Waals surface area contributed by atoms with E-state index in [0.29, 0.717) is 6.61 Å². The molecule has 1 aliphatic heterocycles. The first-order valence-corrected chi connectivity index (χ1v) is 8.58. The Labute approximate surface area is 130 Å². The van der Waals surface area contributed by atoms with Crippen molar-refractivity contribution in [2.75, 3.05) is 26.2 Å². The van der Waals surface area contributed by atoms with Gasteiger partial charge in [-0.15, -0.1) is 0 Å². The van der Waals surface area contributed by atoms with Gasteiger partial charge in [0.15, 0.2) is 0 Å². The van der Waals surface area contributed by atoms with Gasteiger partial charge >= 0.3 is 0 Å². The van der Waals surface area contributed by atoms with Crippen LogP contribution in [0.4, 0.5) is 0 Å². The van der Waals surface area contributed by atoms with Crippen molar-refractivity contribution in [2.45, 2.75) is 46.0 Å². The van der Waals surface area contributed by atoms with Crippen LogP contribution in [0.1, 0.15) is 45.1 Å². The minimum Gasteiger partial charge on any atom is -0.396 e. The highest BCUT2D eigenvalue weighted by Gasteiger charge is 2.30. The van der Waals surface area contributed by atoms with Gasteiger partial charge in [0.25, 0.3) is 0 Å². The number of hydrogen-bond acceptors (Lipinski definition) is 2. The summed E-state index contributed by atoms with van der Waals surface area (Å²) in [6.45, 7) is 8.20. The minimum absolute atomic E-state index is 0.117. The van der Waals surface area contributed by atoms with E-state index in [1.807, 2.05) is 0 Å². The van der Waals surface area contributed by atoms with Gasteiger partial charge in [0, 0.05) is 18.6 Å². The molecular weight excluding hydrogens is 258 g/mol. The Balaban J connectivity index is 1.80. The lowest BCUT2D eigenvalue weighted by molar-refractivity contribution is 0.0504. The van der Waals surface area contributed by atoms with E-state index in [9.17, 15) is 5.11 Å². The second-order valence-electron chi connectivity index (χ2n) is 6.77. The Bertz CT molecular complexity index is 383. The molecule has 2 nitrogen and oxygen atoms in total. The molecule has 0 bridgehead atoms. The molecule has 1 aromatic carbocycles. The quantitative estimate of drug-likeness (QED) is 0.826. The first-order chi connectivity index (χ1) is 10.2. The van der Waals surface area contributed by atoms with Crippen molar-refractivity contribution >= 4 is 0 Å². The molecule has 2 rings (SSSR count). The van der Waals surface area contributed by atoms with Gasteiger partial charge in [-0.05, 0) is 56.7 Å². The van der Waals surface area contributed by atoms with E-state index < -0.39 is 0 Å². The zero-order chi connectivity index (χ0) is 15.1. The summed E-state index contributed by atoms with van der Waals surface area (Å²) in [5, 5.41) is 9.73. The fraction of sp³-hybridized carbons (Fsp3) is 0.684. The van der Waals surface area contributed by atoms with Crippen LogP contribution in [0.15, 0.2) is 30.3 Å². The third-order valence-electron chi connectivity index (χ3n) is 5.47. The van der Waals surface area contributed by atoms with Crippen LogP contribution in [0, 0.1) is 11.3 Å². The smallest absolute Gasteiger partial charge is 0.0499 e. The predicted molar refractivity (Wildman–Crippen MR) is 89.4 cm³/mol. The van der Waals surface area contributed by atoms with Crippen molar-refractivity contribution in [1.29, 1.82) is 0 Å². The molecule has 1 N–H and O–H groups in total. The fourth-order valence-electron chi connectivity index (χ4n) is 3.52. The Hall–Kier alpha value is -0.860. The predicted octanol–water partition coefficient (Wildman–Crippen LogP) is 3.74. The lowest BCUT2D eigenvalue weighted by Crippen LogP contribution is -2.43. The van der Waals surface area contributed by atoms with E-state index in [1.54, 1.807) is 0 Å². The molecule has 1 fully saturated rings. The Kier molecular flexibility index (Phi) is 6.25. The van der Waals surface area contributed by atoms with Crippen LogP contribution < -0.4 is 0 Å². The molecule has 0 spiro atoms. The third kappa shape index (κ3) is 4.55. The summed E-state index contributed by atoms with van der Waals surface area (Å²) in [4.78, 5) is 2.57. The summed E-state index contributed by atoms with van der Waals surface area (Å²) in [6, 6.07) is 10.9. The number of rotatable bonds is 7. The van der Waals surface area contributed by atoms with Gasteiger partial charge in [0.05, 0.1) is 0 Å². The van der Waals surface area contributed by atoms with Gasteiger partial charge in [-0.1, -0.05) is 44.2 Å². The largest absolute Gasteiger partial charge is 0.396 e. The molecular formula is C19H31NO. The first kappa shape index (κ1) is 16.5. The summed E-state index contributed by atoms with van der Waals surface area (Å²) >= 11 is 0. The molecule has 21 heavy (non-hydrogen) atoms. The normalized spacial score (nSPS) is 18.0. The lowest BCUT2D eigenvalue weighted by Gasteiger charge is -2.39. The molecule has 0 unspecified atom stereocenters. The van der Waals surface area contributed by atoms with Crippen molar-refractivity contribution in [1.82, 2.24) is 4.90 Å². The zero-order valence-corrected chi connectivity index (χ0v) is 13.7. The molecule has 0 atom stereocenters. The van der Waals surface area contributed by atoms with E-state index in [0.717, 1.165) is 25.3 Å². The lowest BCUT2D eigenvalue weighted by atomic mass is 9.81. The van der Waals surface area contributed by atoms with Crippen LogP contribution in [-0.2, 0) is 6.42 Å². The van der Waals surface area contributed by atoms with Crippen molar-refractivity contribution < 1.29 is 5.11 Å². The third-order valence-corrected chi connectivity index (χ3v) is 5.47. The topological polar surface area (TPSA) is 23.5 Å². The average Bonchev–Trinajstić information content (AvgIpc) is 2.55. The van der Waals surface area contributed by atoms with Gasteiger partial charge in [-0.3, -0.25) is 0 Å². The standard InChI is InChI=1S/C19H31NO/c1-3-19(4-2,16-21)15-20-12-10-18(11-13-20)14-17-8-6-5-7-9-17/h5-9,18,21H,3-4,10-16H2,1-2H3. The first-order valence-electron chi connectivity index (χ1n) is 8.58. The summed E-state index contributed by atoms with van der Waals surface area (Å²) < 4.78 is 0. The molecule has 0 radical (unpaired) electrons. The van der Waals surface area contributed by atoms with Crippen LogP contribution in [-0.4, -0.2) is 36.2 Å². The number of hydrogen-bond donors (Lipinski definition) is 1. The van der Waals surface area contributed by atoms with Crippen LogP contribution in [0.3, 0.4) is 0 Å². The van der Waals surface area contributed by atoms with E-state index >= 15 is 0 Å². The van der Waals surface area contributed by atoms with Gasteiger partial charge in [-0.2, -0.15) is 0 Å². The van der Waals surface area contributed by atoms with Crippen molar-refractivity contribution in [2.24, 2.45) is 11.3 Å². The van der Waals surface area contributed by atoms with E-state index in [1.165, 1.54) is 37.9 Å². The van der Waals surface area contributed by atoms with Crippen LogP contribution in [0.25, 0.3) is 0 Å². The maximum atomic E-state index is 9.73. The highest BCUT2D eigenvalue weighted by Crippen LogP contribution is 2.29. The van der Waals surface area contributed by atoms with Gasteiger partial charge in [-0.25, -0.2) is 0 Å². The molecule has 0 amide bonds. The maximum Gasteiger partial charge on any atom is 0.0499 e. The second-order valence-corrected chi connectivity index (χ2v) is 6.77. The van der Waals surface area contributed by atoms with Crippen LogP contribution in [0.2, 0.25) is 0 Å². The number of aliphatic hydroxyl groups is 1. The number of benzene rings is 1.